The zero-order chi connectivity index (χ0) is 35.7. The molecular formula is C48H46N4O. The summed E-state index contributed by atoms with van der Waals surface area (Å²) in [5.41, 5.74) is 12.2. The molecule has 5 aromatic carbocycles. The second kappa shape index (κ2) is 12.3. The maximum absolute atomic E-state index is 6.81. The van der Waals surface area contributed by atoms with Crippen LogP contribution in [0.3, 0.4) is 0 Å². The van der Waals surface area contributed by atoms with Crippen molar-refractivity contribution in [1.29, 1.82) is 0 Å². The van der Waals surface area contributed by atoms with Crippen molar-refractivity contribution in [1.82, 2.24) is 4.98 Å². The molecule has 0 atom stereocenters. The number of ether oxygens (including phenoxy) is 1. The van der Waals surface area contributed by atoms with Crippen molar-refractivity contribution < 1.29 is 4.74 Å². The van der Waals surface area contributed by atoms with Crippen molar-refractivity contribution in [3.05, 3.63) is 139 Å². The van der Waals surface area contributed by atoms with Crippen molar-refractivity contribution in [2.45, 2.75) is 70.3 Å². The fourth-order valence-corrected chi connectivity index (χ4v) is 9.54. The van der Waals surface area contributed by atoms with E-state index in [2.05, 4.69) is 163 Å². The first kappa shape index (κ1) is 32.1. The van der Waals surface area contributed by atoms with Crippen LogP contribution in [0.15, 0.2) is 134 Å². The second-order valence-corrected chi connectivity index (χ2v) is 16.5. The maximum atomic E-state index is 6.81. The Morgan fingerprint density at radius 2 is 1.25 bits per heavy atom. The molecule has 5 heteroatoms. The molecule has 264 valence electrons. The molecule has 53 heavy (non-hydrogen) atoms. The van der Waals surface area contributed by atoms with Crippen LogP contribution in [0.4, 0.5) is 34.3 Å². The van der Waals surface area contributed by atoms with Gasteiger partial charge < -0.3 is 14.5 Å². The first-order chi connectivity index (χ1) is 25.8. The Hall–Kier alpha value is -5.55. The number of hydrogen-bond acceptors (Lipinski definition) is 5. The normalized spacial score (nSPS) is 20.0. The number of benzene rings is 5. The Morgan fingerprint density at radius 3 is 1.98 bits per heavy atom. The molecule has 0 unspecified atom stereocenters. The van der Waals surface area contributed by atoms with Gasteiger partial charge in [0.15, 0.2) is 0 Å². The van der Waals surface area contributed by atoms with Crippen LogP contribution < -0.4 is 19.4 Å². The summed E-state index contributed by atoms with van der Waals surface area (Å²) in [5, 5.41) is 0. The summed E-state index contributed by atoms with van der Waals surface area (Å²) in [4.78, 5) is 12.5. The lowest BCUT2D eigenvalue weighted by Gasteiger charge is -2.52. The quantitative estimate of drug-likeness (QED) is 0.179. The van der Waals surface area contributed by atoms with Gasteiger partial charge in [-0.2, -0.15) is 0 Å². The summed E-state index contributed by atoms with van der Waals surface area (Å²) < 4.78 is 6.81. The van der Waals surface area contributed by atoms with E-state index in [0.29, 0.717) is 0 Å². The lowest BCUT2D eigenvalue weighted by atomic mass is 9.65. The van der Waals surface area contributed by atoms with Crippen molar-refractivity contribution in [3.8, 4) is 33.8 Å². The molecule has 0 saturated heterocycles. The van der Waals surface area contributed by atoms with Crippen LogP contribution in [0.5, 0.6) is 11.5 Å². The molecule has 5 aliphatic rings. The topological polar surface area (TPSA) is 31.8 Å². The number of pyridine rings is 1. The van der Waals surface area contributed by atoms with E-state index < -0.39 is 0 Å². The second-order valence-electron chi connectivity index (χ2n) is 16.5. The van der Waals surface area contributed by atoms with Gasteiger partial charge in [0, 0.05) is 40.7 Å². The van der Waals surface area contributed by atoms with Gasteiger partial charge in [-0.25, -0.2) is 4.98 Å². The highest BCUT2D eigenvalue weighted by molar-refractivity contribution is 6.02. The SMILES string of the molecule is CC(C)(C)c1ccnc(N2c3ccccc3-c3ccccc3-c3ccc(Oc4cccc(N5CN(C67CCC(CC6)CC7)c6ccccc65)c4)cc32)c1. The average Bonchev–Trinajstić information content (AvgIpc) is 3.55. The molecule has 5 nitrogen and oxygen atoms in total. The van der Waals surface area contributed by atoms with Crippen LogP contribution >= 0.6 is 0 Å². The number of aromatic nitrogens is 1. The summed E-state index contributed by atoms with van der Waals surface area (Å²) >= 11 is 0. The van der Waals surface area contributed by atoms with E-state index in [-0.39, 0.29) is 11.0 Å². The van der Waals surface area contributed by atoms with Gasteiger partial charge in [0.05, 0.1) is 29.4 Å². The van der Waals surface area contributed by atoms with Crippen LogP contribution in [-0.4, -0.2) is 17.2 Å². The first-order valence-electron chi connectivity index (χ1n) is 19.4. The predicted octanol–water partition coefficient (Wildman–Crippen LogP) is 12.9. The van der Waals surface area contributed by atoms with E-state index in [0.717, 1.165) is 52.5 Å². The standard InChI is InChI=1S/C48H46N4O/c1-47(2,3)34-24-28-49-46(29-34)52-42-16-7-6-15-40(42)38-13-4-5-14-39(38)41-20-19-37(31-45(41)52)53-36-12-10-11-35(30-36)50-32-51(44-18-9-8-17-43(44)50)48-25-21-33(22-26-48)23-27-48/h4-20,24,28-31,33H,21-23,25-27,32H2,1-3H3. The van der Waals surface area contributed by atoms with E-state index in [4.69, 9.17) is 9.72 Å². The molecule has 2 bridgehead atoms. The Labute approximate surface area is 313 Å². The van der Waals surface area contributed by atoms with Gasteiger partial charge in [-0.3, -0.25) is 4.90 Å². The van der Waals surface area contributed by atoms with Gasteiger partial charge in [-0.1, -0.05) is 81.4 Å². The molecule has 0 N–H and O–H groups in total. The number of rotatable bonds is 5. The minimum atomic E-state index is -0.0206. The number of para-hydroxylation sites is 3. The number of nitrogens with zero attached hydrogens (tertiary/aromatic N) is 4. The van der Waals surface area contributed by atoms with Crippen molar-refractivity contribution in [2.75, 3.05) is 21.4 Å². The van der Waals surface area contributed by atoms with Crippen molar-refractivity contribution >= 4 is 34.3 Å². The summed E-state index contributed by atoms with van der Waals surface area (Å²) in [7, 11) is 0. The Kier molecular flexibility index (Phi) is 7.43. The Bertz CT molecular complexity index is 2340. The average molecular weight is 695 g/mol. The summed E-state index contributed by atoms with van der Waals surface area (Å²) in [6.45, 7) is 7.64. The summed E-state index contributed by atoms with van der Waals surface area (Å²) in [6, 6.07) is 45.9. The minimum absolute atomic E-state index is 0.0206. The van der Waals surface area contributed by atoms with Gasteiger partial charge in [0.25, 0.3) is 0 Å². The van der Waals surface area contributed by atoms with E-state index in [1.807, 2.05) is 6.20 Å². The van der Waals surface area contributed by atoms with Gasteiger partial charge >= 0.3 is 0 Å². The highest BCUT2D eigenvalue weighted by atomic mass is 16.5. The van der Waals surface area contributed by atoms with Gasteiger partial charge in [0.2, 0.25) is 0 Å². The smallest absolute Gasteiger partial charge is 0.137 e. The molecule has 3 fully saturated rings. The third kappa shape index (κ3) is 5.39. The summed E-state index contributed by atoms with van der Waals surface area (Å²) in [6.07, 6.45) is 9.98. The van der Waals surface area contributed by atoms with E-state index >= 15 is 0 Å². The monoisotopic (exact) mass is 694 g/mol. The zero-order valence-electron chi connectivity index (χ0n) is 30.9. The molecular weight excluding hydrogens is 649 g/mol. The fourth-order valence-electron chi connectivity index (χ4n) is 9.54. The largest absolute Gasteiger partial charge is 0.457 e. The molecule has 3 heterocycles. The Balaban J connectivity index is 1.04. The Morgan fingerprint density at radius 1 is 0.604 bits per heavy atom. The molecule has 0 amide bonds. The van der Waals surface area contributed by atoms with Crippen LogP contribution in [-0.2, 0) is 5.41 Å². The van der Waals surface area contributed by atoms with E-state index in [1.54, 1.807) is 0 Å². The highest BCUT2D eigenvalue weighted by Gasteiger charge is 2.47. The van der Waals surface area contributed by atoms with Gasteiger partial charge in [0.1, 0.15) is 17.3 Å². The highest BCUT2D eigenvalue weighted by Crippen LogP contribution is 2.54. The lowest BCUT2D eigenvalue weighted by molar-refractivity contribution is 0.133. The number of anilines is 6. The molecule has 3 saturated carbocycles. The predicted molar refractivity (Wildman–Crippen MR) is 218 cm³/mol. The van der Waals surface area contributed by atoms with Crippen LogP contribution in [0.1, 0.15) is 64.9 Å². The summed E-state index contributed by atoms with van der Waals surface area (Å²) in [5.74, 6) is 3.44. The fraction of sp³-hybridized carbons (Fsp3) is 0.271. The molecule has 1 aromatic heterocycles. The molecule has 0 radical (unpaired) electrons. The van der Waals surface area contributed by atoms with Crippen LogP contribution in [0.2, 0.25) is 0 Å². The first-order valence-corrected chi connectivity index (χ1v) is 19.4. The van der Waals surface area contributed by atoms with Gasteiger partial charge in [-0.05, 0) is 121 Å². The molecule has 6 aromatic rings. The third-order valence-corrected chi connectivity index (χ3v) is 12.4. The molecule has 11 rings (SSSR count). The van der Waals surface area contributed by atoms with E-state index in [9.17, 15) is 0 Å². The zero-order valence-corrected chi connectivity index (χ0v) is 30.9. The molecule has 2 aliphatic heterocycles. The number of hydrogen-bond donors (Lipinski definition) is 0. The minimum Gasteiger partial charge on any atom is -0.457 e. The van der Waals surface area contributed by atoms with Crippen LogP contribution in [0.25, 0.3) is 22.3 Å². The number of fused-ring (bicyclic) bond motifs is 9. The molecule has 3 aliphatic carbocycles. The van der Waals surface area contributed by atoms with E-state index in [1.165, 1.54) is 72.2 Å². The lowest BCUT2D eigenvalue weighted by Crippen LogP contribution is -2.54. The maximum Gasteiger partial charge on any atom is 0.137 e. The van der Waals surface area contributed by atoms with Gasteiger partial charge in [-0.15, -0.1) is 0 Å². The van der Waals surface area contributed by atoms with Crippen molar-refractivity contribution in [2.24, 2.45) is 5.92 Å². The molecule has 0 spiro atoms. The third-order valence-electron chi connectivity index (χ3n) is 12.4. The van der Waals surface area contributed by atoms with Crippen molar-refractivity contribution in [3.63, 3.8) is 0 Å². The van der Waals surface area contributed by atoms with Crippen LogP contribution in [0, 0.1) is 5.92 Å².